The molecule has 0 bridgehead atoms. The number of hydrazine groups is 1. The maximum Gasteiger partial charge on any atom is 0.159 e. The van der Waals surface area contributed by atoms with Crippen LogP contribution in [0.5, 0.6) is 5.75 Å². The molecule has 0 spiro atoms. The van der Waals surface area contributed by atoms with Crippen molar-refractivity contribution < 1.29 is 13.5 Å². The molecule has 2 aliphatic rings. The SMILES string of the molecule is Fc1cc(F)cc(C2=CC=CN(Cc3cccc(-c4ncc(OCCCN5CCCC5)cn4)c3)N2)c1. The second-order valence-corrected chi connectivity index (χ2v) is 9.01. The largest absolute Gasteiger partial charge is 0.490 e. The Balaban J connectivity index is 1.17. The Hall–Kier alpha value is -3.78. The van der Waals surface area contributed by atoms with Crippen molar-refractivity contribution in [3.63, 3.8) is 0 Å². The molecule has 2 aliphatic heterocycles. The van der Waals surface area contributed by atoms with Crippen LogP contribution in [0, 0.1) is 11.6 Å². The van der Waals surface area contributed by atoms with Gasteiger partial charge in [-0.05, 0) is 68.3 Å². The Kier molecular flexibility index (Phi) is 7.52. The van der Waals surface area contributed by atoms with Gasteiger partial charge in [0.1, 0.15) is 11.6 Å². The van der Waals surface area contributed by atoms with Crippen LogP contribution in [0.15, 0.2) is 73.2 Å². The summed E-state index contributed by atoms with van der Waals surface area (Å²) >= 11 is 0. The summed E-state index contributed by atoms with van der Waals surface area (Å²) in [5, 5.41) is 1.86. The quantitative estimate of drug-likeness (QED) is 0.419. The predicted molar refractivity (Wildman–Crippen MR) is 135 cm³/mol. The van der Waals surface area contributed by atoms with E-state index < -0.39 is 11.6 Å². The van der Waals surface area contributed by atoms with E-state index in [-0.39, 0.29) is 0 Å². The van der Waals surface area contributed by atoms with E-state index in [1.54, 1.807) is 18.5 Å². The van der Waals surface area contributed by atoms with Crippen molar-refractivity contribution in [2.75, 3.05) is 26.2 Å². The first-order valence-corrected chi connectivity index (χ1v) is 12.3. The van der Waals surface area contributed by atoms with Crippen LogP contribution in [0.2, 0.25) is 0 Å². The van der Waals surface area contributed by atoms with E-state index in [2.05, 4.69) is 20.3 Å². The molecule has 36 heavy (non-hydrogen) atoms. The number of ether oxygens (including phenoxy) is 1. The van der Waals surface area contributed by atoms with Crippen LogP contribution in [0.3, 0.4) is 0 Å². The molecule has 0 aliphatic carbocycles. The second-order valence-electron chi connectivity index (χ2n) is 9.01. The van der Waals surface area contributed by atoms with Crippen molar-refractivity contribution in [1.29, 1.82) is 0 Å². The number of halogens is 2. The highest BCUT2D eigenvalue weighted by atomic mass is 19.1. The summed E-state index contributed by atoms with van der Waals surface area (Å²) in [6.45, 7) is 4.67. The third kappa shape index (κ3) is 6.26. The van der Waals surface area contributed by atoms with Crippen LogP contribution < -0.4 is 10.2 Å². The van der Waals surface area contributed by atoms with Crippen LogP contribution in [0.1, 0.15) is 30.4 Å². The molecule has 0 radical (unpaired) electrons. The molecule has 3 aromatic rings. The van der Waals surface area contributed by atoms with Gasteiger partial charge in [-0.1, -0.05) is 18.2 Å². The summed E-state index contributed by atoms with van der Waals surface area (Å²) < 4.78 is 33.1. The van der Waals surface area contributed by atoms with E-state index >= 15 is 0 Å². The predicted octanol–water partition coefficient (Wildman–Crippen LogP) is 5.16. The van der Waals surface area contributed by atoms with Gasteiger partial charge in [-0.25, -0.2) is 18.7 Å². The van der Waals surface area contributed by atoms with E-state index in [0.29, 0.717) is 36.0 Å². The summed E-state index contributed by atoms with van der Waals surface area (Å²) in [7, 11) is 0. The van der Waals surface area contributed by atoms with E-state index in [0.717, 1.165) is 30.2 Å². The van der Waals surface area contributed by atoms with E-state index in [4.69, 9.17) is 4.74 Å². The van der Waals surface area contributed by atoms with Crippen LogP contribution in [0.4, 0.5) is 8.78 Å². The number of nitrogens with one attached hydrogen (secondary N) is 1. The molecule has 1 N–H and O–H groups in total. The third-order valence-corrected chi connectivity index (χ3v) is 6.22. The lowest BCUT2D eigenvalue weighted by Gasteiger charge is -2.27. The Morgan fingerprint density at radius 3 is 2.50 bits per heavy atom. The minimum Gasteiger partial charge on any atom is -0.490 e. The third-order valence-electron chi connectivity index (χ3n) is 6.22. The molecule has 0 unspecified atom stereocenters. The Bertz CT molecular complexity index is 1220. The number of hydrogen-bond donors (Lipinski definition) is 1. The number of aromatic nitrogens is 2. The first-order chi connectivity index (χ1) is 17.6. The normalized spacial score (nSPS) is 15.6. The Morgan fingerprint density at radius 1 is 0.944 bits per heavy atom. The number of rotatable bonds is 9. The van der Waals surface area contributed by atoms with E-state index in [1.807, 2.05) is 41.6 Å². The molecule has 1 aromatic heterocycles. The summed E-state index contributed by atoms with van der Waals surface area (Å²) in [5.41, 5.74) is 6.20. The van der Waals surface area contributed by atoms with Crippen molar-refractivity contribution in [2.45, 2.75) is 25.8 Å². The van der Waals surface area contributed by atoms with Gasteiger partial charge in [-0.15, -0.1) is 0 Å². The van der Waals surface area contributed by atoms with Gasteiger partial charge >= 0.3 is 0 Å². The lowest BCUT2D eigenvalue weighted by Crippen LogP contribution is -2.33. The topological polar surface area (TPSA) is 53.5 Å². The van der Waals surface area contributed by atoms with Crippen molar-refractivity contribution >= 4 is 5.70 Å². The molecule has 0 amide bonds. The van der Waals surface area contributed by atoms with E-state index in [1.165, 1.54) is 38.1 Å². The monoisotopic (exact) mass is 489 g/mol. The minimum absolute atomic E-state index is 0.447. The fourth-order valence-electron chi connectivity index (χ4n) is 4.46. The Morgan fingerprint density at radius 2 is 1.72 bits per heavy atom. The molecule has 0 atom stereocenters. The van der Waals surface area contributed by atoms with Crippen LogP contribution >= 0.6 is 0 Å². The maximum atomic E-state index is 13.6. The smallest absolute Gasteiger partial charge is 0.159 e. The molecule has 6 nitrogen and oxygen atoms in total. The molecular formula is C28H29F2N5O. The molecule has 1 saturated heterocycles. The fraction of sp³-hybridized carbons (Fsp3) is 0.286. The van der Waals surface area contributed by atoms with Gasteiger partial charge in [0.15, 0.2) is 11.6 Å². The van der Waals surface area contributed by atoms with Gasteiger partial charge in [-0.2, -0.15) is 0 Å². The molecular weight excluding hydrogens is 460 g/mol. The van der Waals surface area contributed by atoms with Crippen molar-refractivity contribution in [3.8, 4) is 17.1 Å². The molecule has 186 valence electrons. The molecule has 2 aromatic carbocycles. The summed E-state index contributed by atoms with van der Waals surface area (Å²) in [4.78, 5) is 11.5. The summed E-state index contributed by atoms with van der Waals surface area (Å²) in [6.07, 6.45) is 12.5. The van der Waals surface area contributed by atoms with Crippen molar-refractivity contribution in [3.05, 3.63) is 96.0 Å². The first kappa shape index (κ1) is 23.9. The number of allylic oxidation sites excluding steroid dienone is 2. The van der Waals surface area contributed by atoms with Gasteiger partial charge in [0.2, 0.25) is 0 Å². The number of benzene rings is 2. The summed E-state index contributed by atoms with van der Waals surface area (Å²) in [6, 6.07) is 11.4. The molecule has 0 saturated carbocycles. The second kappa shape index (κ2) is 11.3. The minimum atomic E-state index is -0.611. The number of likely N-dealkylation sites (tertiary alicyclic amines) is 1. The van der Waals surface area contributed by atoms with Crippen molar-refractivity contribution in [2.24, 2.45) is 0 Å². The molecule has 8 heteroatoms. The van der Waals surface area contributed by atoms with Gasteiger partial charge in [-0.3, -0.25) is 10.4 Å². The number of hydrogen-bond acceptors (Lipinski definition) is 6. The van der Waals surface area contributed by atoms with E-state index in [9.17, 15) is 8.78 Å². The van der Waals surface area contributed by atoms with Crippen LogP contribution in [-0.2, 0) is 6.54 Å². The fourth-order valence-corrected chi connectivity index (χ4v) is 4.46. The lowest BCUT2D eigenvalue weighted by molar-refractivity contribution is 0.262. The lowest BCUT2D eigenvalue weighted by atomic mass is 10.1. The van der Waals surface area contributed by atoms with Crippen LogP contribution in [0.25, 0.3) is 17.1 Å². The summed E-state index contributed by atoms with van der Waals surface area (Å²) in [5.74, 6) is 0.0753. The van der Waals surface area contributed by atoms with Gasteiger partial charge in [0.25, 0.3) is 0 Å². The average molecular weight is 490 g/mol. The van der Waals surface area contributed by atoms with Crippen molar-refractivity contribution in [1.82, 2.24) is 25.3 Å². The van der Waals surface area contributed by atoms with Gasteiger partial charge in [0.05, 0.1) is 31.2 Å². The highest BCUT2D eigenvalue weighted by Gasteiger charge is 2.13. The van der Waals surface area contributed by atoms with Crippen LogP contribution in [-0.4, -0.2) is 46.1 Å². The first-order valence-electron chi connectivity index (χ1n) is 12.3. The van der Waals surface area contributed by atoms with Gasteiger partial charge in [0, 0.05) is 29.9 Å². The molecule has 5 rings (SSSR count). The average Bonchev–Trinajstić information content (AvgIpc) is 3.41. The van der Waals surface area contributed by atoms with Gasteiger partial charge < -0.3 is 9.64 Å². The highest BCUT2D eigenvalue weighted by molar-refractivity contribution is 5.66. The standard InChI is InChI=1S/C28H29F2N5O/c29-24-15-23(16-25(30)17-24)27-8-4-12-35(33-27)20-21-6-3-7-22(14-21)28-31-18-26(19-32-28)36-13-5-11-34-9-1-2-10-34/h3-4,6-8,12,14-19,33H,1-2,5,9-11,13,20H2. The zero-order valence-electron chi connectivity index (χ0n) is 20.0. The maximum absolute atomic E-state index is 13.6. The molecule has 1 fully saturated rings. The zero-order chi connectivity index (χ0) is 24.7. The highest BCUT2D eigenvalue weighted by Crippen LogP contribution is 2.22. The Labute approximate surface area is 209 Å². The number of nitrogens with zero attached hydrogens (tertiary/aromatic N) is 4. The zero-order valence-corrected chi connectivity index (χ0v) is 20.0. The molecule has 3 heterocycles.